The van der Waals surface area contributed by atoms with Gasteiger partial charge in [0.25, 0.3) is 10.0 Å². The van der Waals surface area contributed by atoms with E-state index in [0.717, 1.165) is 5.39 Å². The van der Waals surface area contributed by atoms with E-state index >= 15 is 0 Å². The van der Waals surface area contributed by atoms with Crippen LogP contribution in [-0.4, -0.2) is 31.2 Å². The van der Waals surface area contributed by atoms with Gasteiger partial charge in [-0.25, -0.2) is 17.5 Å². The van der Waals surface area contributed by atoms with Gasteiger partial charge in [-0.15, -0.1) is 0 Å². The van der Waals surface area contributed by atoms with E-state index in [1.807, 2.05) is 5.32 Å². The first-order valence-electron chi connectivity index (χ1n) is 5.84. The Labute approximate surface area is 115 Å². The fourth-order valence-corrected chi connectivity index (χ4v) is 3.66. The van der Waals surface area contributed by atoms with Crippen molar-refractivity contribution in [3.8, 4) is 0 Å². The Morgan fingerprint density at radius 3 is 2.40 bits per heavy atom. The van der Waals surface area contributed by atoms with Crippen LogP contribution in [0.3, 0.4) is 0 Å². The third-order valence-corrected chi connectivity index (χ3v) is 4.86. The van der Waals surface area contributed by atoms with E-state index in [-0.39, 0.29) is 4.90 Å². The fourth-order valence-electron chi connectivity index (χ4n) is 2.16. The number of carbonyl (C=O) groups excluding carboxylic acids is 2. The first kappa shape index (κ1) is 12.6. The maximum atomic E-state index is 12.5. The van der Waals surface area contributed by atoms with Crippen LogP contribution in [0.4, 0.5) is 4.79 Å². The fraction of sp³-hybridized carbons (Fsp3) is 0.0769. The number of benzene rings is 2. The van der Waals surface area contributed by atoms with Gasteiger partial charge in [0.05, 0.1) is 4.90 Å². The second kappa shape index (κ2) is 4.31. The highest BCUT2D eigenvalue weighted by molar-refractivity contribution is 7.90. The van der Waals surface area contributed by atoms with Gasteiger partial charge in [0, 0.05) is 5.39 Å². The van der Waals surface area contributed by atoms with E-state index in [9.17, 15) is 18.0 Å². The summed E-state index contributed by atoms with van der Waals surface area (Å²) in [4.78, 5) is 22.7. The number of fused-ring (bicyclic) bond motifs is 1. The van der Waals surface area contributed by atoms with Crippen LogP contribution in [-0.2, 0) is 14.8 Å². The van der Waals surface area contributed by atoms with Crippen LogP contribution in [0.25, 0.3) is 10.8 Å². The van der Waals surface area contributed by atoms with Crippen LogP contribution in [0.5, 0.6) is 0 Å². The standard InChI is InChI=1S/C13H10N2O4S/c16-12-8-15(13(17)14-12)20(18,19)11-7-3-5-9-4-1-2-6-10(9)11/h1-7H,8H2,(H,14,16,17). The molecule has 2 aromatic rings. The highest BCUT2D eigenvalue weighted by Crippen LogP contribution is 2.26. The molecule has 1 aliphatic rings. The van der Waals surface area contributed by atoms with Crippen molar-refractivity contribution in [2.75, 3.05) is 6.54 Å². The van der Waals surface area contributed by atoms with Crippen molar-refractivity contribution in [2.45, 2.75) is 4.90 Å². The molecule has 0 spiro atoms. The van der Waals surface area contributed by atoms with Gasteiger partial charge in [0.15, 0.2) is 0 Å². The minimum Gasteiger partial charge on any atom is -0.275 e. The lowest BCUT2D eigenvalue weighted by molar-refractivity contribution is -0.118. The van der Waals surface area contributed by atoms with Crippen molar-refractivity contribution < 1.29 is 18.0 Å². The highest BCUT2D eigenvalue weighted by Gasteiger charge is 2.37. The predicted octanol–water partition coefficient (Wildman–Crippen LogP) is 1.08. The zero-order chi connectivity index (χ0) is 14.3. The number of urea groups is 1. The Morgan fingerprint density at radius 2 is 1.70 bits per heavy atom. The van der Waals surface area contributed by atoms with E-state index in [2.05, 4.69) is 0 Å². The quantitative estimate of drug-likeness (QED) is 0.839. The maximum Gasteiger partial charge on any atom is 0.338 e. The van der Waals surface area contributed by atoms with E-state index in [1.165, 1.54) is 6.07 Å². The zero-order valence-corrected chi connectivity index (χ0v) is 11.1. The smallest absolute Gasteiger partial charge is 0.275 e. The van der Waals surface area contributed by atoms with Crippen LogP contribution in [0.15, 0.2) is 47.4 Å². The van der Waals surface area contributed by atoms with Crippen LogP contribution in [0.2, 0.25) is 0 Å². The van der Waals surface area contributed by atoms with E-state index in [1.54, 1.807) is 36.4 Å². The molecular weight excluding hydrogens is 280 g/mol. The molecule has 0 aliphatic carbocycles. The third kappa shape index (κ3) is 1.83. The number of carbonyl (C=O) groups is 2. The monoisotopic (exact) mass is 290 g/mol. The first-order chi connectivity index (χ1) is 9.50. The van der Waals surface area contributed by atoms with Gasteiger partial charge in [-0.2, -0.15) is 0 Å². The molecule has 102 valence electrons. The normalized spacial score (nSPS) is 15.7. The largest absolute Gasteiger partial charge is 0.338 e. The summed E-state index contributed by atoms with van der Waals surface area (Å²) in [6.45, 7) is -0.482. The number of hydrogen-bond donors (Lipinski definition) is 1. The molecule has 0 saturated carbocycles. The van der Waals surface area contributed by atoms with Crippen LogP contribution >= 0.6 is 0 Å². The summed E-state index contributed by atoms with van der Waals surface area (Å²) in [5, 5.41) is 3.23. The molecule has 0 bridgehead atoms. The number of nitrogens with one attached hydrogen (secondary N) is 1. The molecule has 1 aliphatic heterocycles. The second-order valence-corrected chi connectivity index (χ2v) is 6.17. The molecule has 1 saturated heterocycles. The molecular formula is C13H10N2O4S. The van der Waals surface area contributed by atoms with Crippen molar-refractivity contribution in [3.63, 3.8) is 0 Å². The molecule has 3 rings (SSSR count). The summed E-state index contributed by atoms with van der Waals surface area (Å²) < 4.78 is 25.6. The van der Waals surface area contributed by atoms with Crippen molar-refractivity contribution in [1.82, 2.24) is 9.62 Å². The Kier molecular flexibility index (Phi) is 2.72. The predicted molar refractivity (Wildman–Crippen MR) is 71.4 cm³/mol. The SMILES string of the molecule is O=C1CN(S(=O)(=O)c2cccc3ccccc23)C(=O)N1. The molecule has 20 heavy (non-hydrogen) atoms. The highest BCUT2D eigenvalue weighted by atomic mass is 32.2. The van der Waals surface area contributed by atoms with Crippen LogP contribution in [0.1, 0.15) is 0 Å². The Balaban J connectivity index is 2.20. The van der Waals surface area contributed by atoms with Crippen molar-refractivity contribution in [1.29, 1.82) is 0 Å². The lowest BCUT2D eigenvalue weighted by Gasteiger charge is -2.15. The topological polar surface area (TPSA) is 83.6 Å². The number of imide groups is 1. The molecule has 7 heteroatoms. The Morgan fingerprint density at radius 1 is 1.00 bits per heavy atom. The lowest BCUT2D eigenvalue weighted by atomic mass is 10.1. The van der Waals surface area contributed by atoms with Gasteiger partial charge in [0.1, 0.15) is 6.54 Å². The van der Waals surface area contributed by atoms with Gasteiger partial charge in [0.2, 0.25) is 5.91 Å². The third-order valence-electron chi connectivity index (χ3n) is 3.08. The molecule has 0 aromatic heterocycles. The molecule has 1 heterocycles. The van der Waals surface area contributed by atoms with Gasteiger partial charge >= 0.3 is 6.03 Å². The van der Waals surface area contributed by atoms with Gasteiger partial charge in [-0.05, 0) is 11.5 Å². The van der Waals surface area contributed by atoms with Crippen molar-refractivity contribution >= 4 is 32.7 Å². The molecule has 3 amide bonds. The minimum atomic E-state index is -4.05. The summed E-state index contributed by atoms with van der Waals surface area (Å²) in [5.41, 5.74) is 0. The summed E-state index contributed by atoms with van der Waals surface area (Å²) in [6, 6.07) is 10.9. The molecule has 6 nitrogen and oxygen atoms in total. The molecule has 0 unspecified atom stereocenters. The van der Waals surface area contributed by atoms with E-state index in [0.29, 0.717) is 9.69 Å². The average molecular weight is 290 g/mol. The molecule has 1 fully saturated rings. The molecule has 0 atom stereocenters. The number of sulfonamides is 1. The van der Waals surface area contributed by atoms with Crippen LogP contribution in [0, 0.1) is 0 Å². The number of rotatable bonds is 2. The number of nitrogens with zero attached hydrogens (tertiary/aromatic N) is 1. The average Bonchev–Trinajstić information content (AvgIpc) is 2.78. The summed E-state index contributed by atoms with van der Waals surface area (Å²) in [7, 11) is -4.05. The van der Waals surface area contributed by atoms with Gasteiger partial charge in [-0.3, -0.25) is 10.1 Å². The summed E-state index contributed by atoms with van der Waals surface area (Å²) in [6.07, 6.45) is 0. The minimum absolute atomic E-state index is 0.0143. The lowest BCUT2D eigenvalue weighted by Crippen LogP contribution is -2.34. The molecule has 0 radical (unpaired) electrons. The van der Waals surface area contributed by atoms with Crippen LogP contribution < -0.4 is 5.32 Å². The Hall–Kier alpha value is -2.41. The molecule has 2 aromatic carbocycles. The van der Waals surface area contributed by atoms with E-state index in [4.69, 9.17) is 0 Å². The summed E-state index contributed by atoms with van der Waals surface area (Å²) in [5.74, 6) is -0.626. The van der Waals surface area contributed by atoms with Gasteiger partial charge < -0.3 is 0 Å². The van der Waals surface area contributed by atoms with Crippen molar-refractivity contribution in [2.24, 2.45) is 0 Å². The maximum absolute atomic E-state index is 12.5. The zero-order valence-electron chi connectivity index (χ0n) is 10.2. The summed E-state index contributed by atoms with van der Waals surface area (Å²) >= 11 is 0. The van der Waals surface area contributed by atoms with Gasteiger partial charge in [-0.1, -0.05) is 36.4 Å². The number of amides is 3. The van der Waals surface area contributed by atoms with E-state index < -0.39 is 28.5 Å². The first-order valence-corrected chi connectivity index (χ1v) is 7.28. The number of hydrogen-bond acceptors (Lipinski definition) is 4. The second-order valence-electron chi connectivity index (χ2n) is 4.34. The Bertz CT molecular complexity index is 824. The van der Waals surface area contributed by atoms with Crippen molar-refractivity contribution in [3.05, 3.63) is 42.5 Å². The molecule has 1 N–H and O–H groups in total.